The molecule has 0 radical (unpaired) electrons. The van der Waals surface area contributed by atoms with Gasteiger partial charge in [-0.25, -0.2) is 14.8 Å². The van der Waals surface area contributed by atoms with Crippen LogP contribution in [0.1, 0.15) is 56.4 Å². The minimum Gasteiger partial charge on any atom is -0.494 e. The van der Waals surface area contributed by atoms with Gasteiger partial charge in [0.05, 0.1) is 41.7 Å². The lowest BCUT2D eigenvalue weighted by Crippen LogP contribution is -2.29. The molecule has 11 heteroatoms. The molecule has 1 aromatic carbocycles. The molecule has 3 heterocycles. The lowest BCUT2D eigenvalue weighted by molar-refractivity contribution is 0.0378. The number of hydrogen-bond donors (Lipinski definition) is 2. The predicted molar refractivity (Wildman–Crippen MR) is 172 cm³/mol. The molecule has 0 aliphatic carbocycles. The summed E-state index contributed by atoms with van der Waals surface area (Å²) in [6.07, 6.45) is 1.18. The highest BCUT2D eigenvalue weighted by Gasteiger charge is 2.40. The van der Waals surface area contributed by atoms with E-state index in [-0.39, 0.29) is 23.0 Å². The Labute approximate surface area is 254 Å². The van der Waals surface area contributed by atoms with Crippen molar-refractivity contribution >= 4 is 40.5 Å². The molecule has 0 spiro atoms. The largest absolute Gasteiger partial charge is 0.494 e. The summed E-state index contributed by atoms with van der Waals surface area (Å²) in [7, 11) is 7.66. The smallest absolute Gasteiger partial charge is 0.343 e. The van der Waals surface area contributed by atoms with Gasteiger partial charge in [0.15, 0.2) is 5.82 Å². The first kappa shape index (κ1) is 31.4. The number of rotatable bonds is 10. The molecule has 11 nitrogen and oxygen atoms in total. The molecule has 0 bridgehead atoms. The number of nitrogens with zero attached hydrogens (tertiary/aromatic N) is 6. The van der Waals surface area contributed by atoms with E-state index in [1.807, 2.05) is 44.2 Å². The number of nitrogen functional groups attached to an aromatic ring is 1. The number of ether oxygens (including phenoxy) is 2. The number of nitrogens with one attached hydrogen (secondary N) is 1. The first-order valence-corrected chi connectivity index (χ1v) is 14.2. The third-order valence-corrected chi connectivity index (χ3v) is 7.09. The number of fused-ring (bicyclic) bond motifs is 1. The number of nitrogens with two attached hydrogens (primary N) is 1. The fourth-order valence-electron chi connectivity index (χ4n) is 4.94. The maximum Gasteiger partial charge on any atom is 0.343 e. The fraction of sp³-hybridized carbons (Fsp3) is 0.438. The first-order valence-electron chi connectivity index (χ1n) is 14.2. The second-order valence-electron chi connectivity index (χ2n) is 11.8. The third-order valence-electron chi connectivity index (χ3n) is 7.09. The average molecular weight is 587 g/mol. The Morgan fingerprint density at radius 3 is 2.58 bits per heavy atom. The van der Waals surface area contributed by atoms with Crippen LogP contribution in [0.2, 0.25) is 0 Å². The van der Waals surface area contributed by atoms with Crippen molar-refractivity contribution in [3.05, 3.63) is 47.4 Å². The molecule has 3 N–H and O–H groups in total. The van der Waals surface area contributed by atoms with Crippen LogP contribution >= 0.6 is 0 Å². The number of benzene rings is 1. The van der Waals surface area contributed by atoms with E-state index >= 15 is 0 Å². The Bertz CT molecular complexity index is 1560. The quantitative estimate of drug-likeness (QED) is 0.197. The SMILES string of the molecule is CC#Cc1ccc2c(n1)C(C)(C)CN2c1nc(Nc2cc(N)c(N(C)CCN(C)C)cc2OC)ncc1C(=O)OC(C)C. The highest BCUT2D eigenvalue weighted by atomic mass is 16.5. The molecule has 43 heavy (non-hydrogen) atoms. The maximum atomic E-state index is 13.2. The number of hydrogen-bond acceptors (Lipinski definition) is 11. The Morgan fingerprint density at radius 1 is 1.19 bits per heavy atom. The van der Waals surface area contributed by atoms with Crippen molar-refractivity contribution in [2.45, 2.75) is 46.1 Å². The lowest BCUT2D eigenvalue weighted by Gasteiger charge is -2.25. The number of anilines is 6. The standard InChI is InChI=1S/C32H42N8O3/c1-10-11-21-12-13-25-28(35-21)32(4,5)19-40(25)29-22(30(41)43-20(2)3)18-34-31(37-29)36-24-16-23(33)26(17-27(24)42-9)39(8)15-14-38(6)7/h12-13,16-18,20H,14-15,19,33H2,1-9H3,(H,34,36,37). The predicted octanol–water partition coefficient (Wildman–Crippen LogP) is 4.57. The molecule has 3 aromatic rings. The van der Waals surface area contributed by atoms with Crippen LogP contribution in [-0.4, -0.2) is 79.8 Å². The van der Waals surface area contributed by atoms with E-state index in [0.29, 0.717) is 35.2 Å². The van der Waals surface area contributed by atoms with Crippen molar-refractivity contribution in [2.24, 2.45) is 0 Å². The van der Waals surface area contributed by atoms with Crippen molar-refractivity contribution in [3.8, 4) is 17.6 Å². The third kappa shape index (κ3) is 6.92. The second-order valence-corrected chi connectivity index (χ2v) is 11.8. The van der Waals surface area contributed by atoms with Crippen molar-refractivity contribution in [3.63, 3.8) is 0 Å². The maximum absolute atomic E-state index is 13.2. The molecule has 0 amide bonds. The van der Waals surface area contributed by atoms with Crippen molar-refractivity contribution < 1.29 is 14.3 Å². The molecule has 0 fully saturated rings. The van der Waals surface area contributed by atoms with E-state index in [9.17, 15) is 4.79 Å². The van der Waals surface area contributed by atoms with Gasteiger partial charge in [-0.2, -0.15) is 4.98 Å². The number of methoxy groups -OCH3 is 1. The van der Waals surface area contributed by atoms with E-state index in [2.05, 4.69) is 45.8 Å². The second kappa shape index (κ2) is 12.8. The Morgan fingerprint density at radius 2 is 1.93 bits per heavy atom. The zero-order valence-electron chi connectivity index (χ0n) is 26.6. The number of esters is 1. The summed E-state index contributed by atoms with van der Waals surface area (Å²) in [6, 6.07) is 7.54. The van der Waals surface area contributed by atoms with Gasteiger partial charge >= 0.3 is 5.97 Å². The van der Waals surface area contributed by atoms with Gasteiger partial charge in [0.25, 0.3) is 0 Å². The van der Waals surface area contributed by atoms with E-state index in [0.717, 1.165) is 30.2 Å². The van der Waals surface area contributed by atoms with Gasteiger partial charge < -0.3 is 35.2 Å². The number of carbonyl (C=O) groups excluding carboxylic acids is 1. The molecule has 1 aliphatic heterocycles. The Balaban J connectivity index is 1.76. The molecular formula is C32H42N8O3. The summed E-state index contributed by atoms with van der Waals surface area (Å²) in [4.78, 5) is 33.6. The number of likely N-dealkylation sites (N-methyl/N-ethyl adjacent to an activating group) is 2. The molecule has 4 rings (SSSR count). The highest BCUT2D eigenvalue weighted by Crippen LogP contribution is 2.44. The van der Waals surface area contributed by atoms with Gasteiger partial charge in [-0.05, 0) is 59.0 Å². The van der Waals surface area contributed by atoms with Gasteiger partial charge in [-0.15, -0.1) is 0 Å². The topological polar surface area (TPSA) is 122 Å². The van der Waals surface area contributed by atoms with Crippen LogP contribution in [0.15, 0.2) is 30.5 Å². The Kier molecular flexibility index (Phi) is 9.30. The summed E-state index contributed by atoms with van der Waals surface area (Å²) in [5.41, 5.74) is 10.9. The first-order chi connectivity index (χ1) is 20.3. The van der Waals surface area contributed by atoms with E-state index < -0.39 is 5.97 Å². The van der Waals surface area contributed by atoms with Crippen LogP contribution in [0.4, 0.5) is 34.5 Å². The monoisotopic (exact) mass is 586 g/mol. The molecule has 0 saturated carbocycles. The molecule has 0 atom stereocenters. The molecule has 0 unspecified atom stereocenters. The zero-order valence-corrected chi connectivity index (χ0v) is 26.6. The van der Waals surface area contributed by atoms with E-state index in [1.165, 1.54) is 6.20 Å². The van der Waals surface area contributed by atoms with Crippen LogP contribution in [0.5, 0.6) is 5.75 Å². The molecule has 2 aromatic heterocycles. The molecular weight excluding hydrogens is 544 g/mol. The van der Waals surface area contributed by atoms with Crippen LogP contribution in [0.25, 0.3) is 0 Å². The zero-order chi connectivity index (χ0) is 31.5. The minimum absolute atomic E-state index is 0.254. The minimum atomic E-state index is -0.504. The fourth-order valence-corrected chi connectivity index (χ4v) is 4.94. The highest BCUT2D eigenvalue weighted by molar-refractivity contribution is 5.96. The summed E-state index contributed by atoms with van der Waals surface area (Å²) < 4.78 is 11.3. The van der Waals surface area contributed by atoms with Crippen molar-refractivity contribution in [1.82, 2.24) is 19.9 Å². The molecule has 228 valence electrons. The number of carbonyl (C=O) groups is 1. The van der Waals surface area contributed by atoms with Crippen LogP contribution in [-0.2, 0) is 10.2 Å². The lowest BCUT2D eigenvalue weighted by atomic mass is 9.91. The van der Waals surface area contributed by atoms with Gasteiger partial charge in [-0.1, -0.05) is 19.8 Å². The number of pyridine rings is 1. The molecule has 0 saturated heterocycles. The van der Waals surface area contributed by atoms with Crippen molar-refractivity contribution in [1.29, 1.82) is 0 Å². The number of aromatic nitrogens is 3. The van der Waals surface area contributed by atoms with Gasteiger partial charge in [0, 0.05) is 44.4 Å². The summed E-state index contributed by atoms with van der Waals surface area (Å²) >= 11 is 0. The van der Waals surface area contributed by atoms with E-state index in [1.54, 1.807) is 33.9 Å². The van der Waals surface area contributed by atoms with Crippen LogP contribution in [0, 0.1) is 11.8 Å². The van der Waals surface area contributed by atoms with Gasteiger partial charge in [0.1, 0.15) is 17.0 Å². The summed E-state index contributed by atoms with van der Waals surface area (Å²) in [6.45, 7) is 11.8. The van der Waals surface area contributed by atoms with Gasteiger partial charge in [0.2, 0.25) is 5.95 Å². The normalized spacial score (nSPS) is 13.4. The Hall–Kier alpha value is -4.56. The van der Waals surface area contributed by atoms with Gasteiger partial charge in [-0.3, -0.25) is 0 Å². The summed E-state index contributed by atoms with van der Waals surface area (Å²) in [5, 5.41) is 3.26. The van der Waals surface area contributed by atoms with Crippen LogP contribution in [0.3, 0.4) is 0 Å². The average Bonchev–Trinajstić information content (AvgIpc) is 3.21. The summed E-state index contributed by atoms with van der Waals surface area (Å²) in [5.74, 6) is 6.71. The van der Waals surface area contributed by atoms with E-state index in [4.69, 9.17) is 25.2 Å². The van der Waals surface area contributed by atoms with Crippen LogP contribution < -0.4 is 25.6 Å². The van der Waals surface area contributed by atoms with Crippen molar-refractivity contribution in [2.75, 3.05) is 68.7 Å². The molecule has 1 aliphatic rings.